The molecule has 210 valence electrons. The van der Waals surface area contributed by atoms with Crippen LogP contribution in [0.1, 0.15) is 62.4 Å². The molecule has 5 rings (SSSR count). The molecule has 4 aromatic rings. The Morgan fingerprint density at radius 2 is 1.66 bits per heavy atom. The summed E-state index contributed by atoms with van der Waals surface area (Å²) in [5, 5.41) is 12.2. The number of carbonyl (C=O) groups is 2. The molecule has 0 saturated carbocycles. The predicted octanol–water partition coefficient (Wildman–Crippen LogP) is 7.51. The summed E-state index contributed by atoms with van der Waals surface area (Å²) in [5.74, 6) is -1.39. The fourth-order valence-electron chi connectivity index (χ4n) is 5.40. The van der Waals surface area contributed by atoms with Gasteiger partial charge in [0.15, 0.2) is 0 Å². The van der Waals surface area contributed by atoms with Crippen LogP contribution in [0.5, 0.6) is 0 Å². The summed E-state index contributed by atoms with van der Waals surface area (Å²) in [6.07, 6.45) is -2.81. The van der Waals surface area contributed by atoms with Gasteiger partial charge in [0.25, 0.3) is 5.91 Å². The van der Waals surface area contributed by atoms with Gasteiger partial charge in [0.2, 0.25) is 0 Å². The van der Waals surface area contributed by atoms with E-state index in [9.17, 15) is 27.9 Å². The van der Waals surface area contributed by atoms with Crippen molar-refractivity contribution in [2.24, 2.45) is 0 Å². The van der Waals surface area contributed by atoms with E-state index in [-0.39, 0.29) is 11.1 Å². The van der Waals surface area contributed by atoms with E-state index in [1.54, 1.807) is 31.2 Å². The Hall–Kier alpha value is -4.59. The number of carboxylic acid groups (broad SMARTS) is 1. The van der Waals surface area contributed by atoms with Gasteiger partial charge < -0.3 is 15.3 Å². The Balaban J connectivity index is 1.30. The number of rotatable bonds is 7. The molecule has 41 heavy (non-hydrogen) atoms. The standard InChI is InChI=1S/C33H29F3N2O3/c1-21(26-8-4-5-11-29(26)33(34,35)36)37-31(39)25-16-17-30-24(19-25)7-6-18-38(30)20-22-12-14-23(15-13-22)27-9-2-3-10-28(27)32(40)41/h2-5,8-17,19,21H,6-7,18,20H2,1H3,(H,37,39)(H,40,41)/t21-/m0/s1. The summed E-state index contributed by atoms with van der Waals surface area (Å²) in [5.41, 5.74) is 4.51. The third-order valence-electron chi connectivity index (χ3n) is 7.43. The van der Waals surface area contributed by atoms with Gasteiger partial charge >= 0.3 is 12.1 Å². The van der Waals surface area contributed by atoms with Crippen LogP contribution >= 0.6 is 0 Å². The molecule has 0 aromatic heterocycles. The number of aryl methyl sites for hydroxylation is 1. The minimum absolute atomic E-state index is 0.0231. The molecular formula is C33H29F3N2O3. The second-order valence-corrected chi connectivity index (χ2v) is 10.2. The van der Waals surface area contributed by atoms with E-state index >= 15 is 0 Å². The Bertz CT molecular complexity index is 1580. The van der Waals surface area contributed by atoms with E-state index in [4.69, 9.17) is 0 Å². The van der Waals surface area contributed by atoms with E-state index in [2.05, 4.69) is 10.2 Å². The average molecular weight is 559 g/mol. The molecule has 0 spiro atoms. The van der Waals surface area contributed by atoms with Crippen LogP contribution in [0.15, 0.2) is 91.0 Å². The molecule has 0 saturated heterocycles. The van der Waals surface area contributed by atoms with Crippen LogP contribution in [0, 0.1) is 0 Å². The Labute approximate surface area is 236 Å². The zero-order valence-electron chi connectivity index (χ0n) is 22.4. The predicted molar refractivity (Wildman–Crippen MR) is 152 cm³/mol. The first-order valence-electron chi connectivity index (χ1n) is 13.4. The van der Waals surface area contributed by atoms with Crippen LogP contribution in [0.25, 0.3) is 11.1 Å². The van der Waals surface area contributed by atoms with E-state index in [0.29, 0.717) is 17.7 Å². The molecule has 8 heteroatoms. The number of benzene rings is 4. The molecule has 0 unspecified atom stereocenters. The third-order valence-corrected chi connectivity index (χ3v) is 7.43. The number of nitrogens with one attached hydrogen (secondary N) is 1. The van der Waals surface area contributed by atoms with E-state index in [0.717, 1.165) is 47.8 Å². The van der Waals surface area contributed by atoms with Gasteiger partial charge in [-0.25, -0.2) is 4.79 Å². The van der Waals surface area contributed by atoms with Gasteiger partial charge in [-0.3, -0.25) is 4.79 Å². The minimum Gasteiger partial charge on any atom is -0.478 e. The van der Waals surface area contributed by atoms with Crippen molar-refractivity contribution < 1.29 is 27.9 Å². The highest BCUT2D eigenvalue weighted by Gasteiger charge is 2.34. The maximum atomic E-state index is 13.5. The third kappa shape index (κ3) is 6.11. The molecule has 1 aliphatic heterocycles. The van der Waals surface area contributed by atoms with E-state index < -0.39 is 29.7 Å². The van der Waals surface area contributed by atoms with Crippen molar-refractivity contribution in [1.82, 2.24) is 5.32 Å². The molecule has 2 N–H and O–H groups in total. The largest absolute Gasteiger partial charge is 0.478 e. The fourth-order valence-corrected chi connectivity index (χ4v) is 5.40. The zero-order valence-corrected chi connectivity index (χ0v) is 22.4. The zero-order chi connectivity index (χ0) is 29.1. The number of aromatic carboxylic acids is 1. The smallest absolute Gasteiger partial charge is 0.416 e. The lowest BCUT2D eigenvalue weighted by Crippen LogP contribution is -2.30. The topological polar surface area (TPSA) is 69.6 Å². The number of hydrogen-bond donors (Lipinski definition) is 2. The van der Waals surface area contributed by atoms with Crippen molar-refractivity contribution in [2.75, 3.05) is 11.4 Å². The number of fused-ring (bicyclic) bond motifs is 1. The SMILES string of the molecule is C[C@H](NC(=O)c1ccc2c(c1)CCCN2Cc1ccc(-c2ccccc2C(=O)O)cc1)c1ccccc1C(F)(F)F. The highest BCUT2D eigenvalue weighted by atomic mass is 19.4. The normalized spacial score (nSPS) is 13.8. The highest BCUT2D eigenvalue weighted by molar-refractivity contribution is 5.96. The Morgan fingerprint density at radius 3 is 2.39 bits per heavy atom. The van der Waals surface area contributed by atoms with Gasteiger partial charge in [0, 0.05) is 24.3 Å². The van der Waals surface area contributed by atoms with Crippen LogP contribution in [0.4, 0.5) is 18.9 Å². The van der Waals surface area contributed by atoms with E-state index in [1.165, 1.54) is 18.2 Å². The van der Waals surface area contributed by atoms with Crippen molar-refractivity contribution in [2.45, 2.75) is 38.5 Å². The summed E-state index contributed by atoms with van der Waals surface area (Å²) in [4.78, 5) is 26.9. The highest BCUT2D eigenvalue weighted by Crippen LogP contribution is 2.35. The number of anilines is 1. The number of carboxylic acids is 1. The first kappa shape index (κ1) is 28.0. The number of alkyl halides is 3. The number of hydrogen-bond acceptors (Lipinski definition) is 3. The molecule has 1 aliphatic rings. The Morgan fingerprint density at radius 1 is 0.951 bits per heavy atom. The first-order chi connectivity index (χ1) is 19.6. The van der Waals surface area contributed by atoms with Gasteiger partial charge in [0.05, 0.1) is 17.2 Å². The molecule has 0 radical (unpaired) electrons. The summed E-state index contributed by atoms with van der Waals surface area (Å²) in [6.45, 7) is 3.03. The van der Waals surface area contributed by atoms with Crippen molar-refractivity contribution in [3.63, 3.8) is 0 Å². The second-order valence-electron chi connectivity index (χ2n) is 10.2. The molecule has 0 fully saturated rings. The molecule has 0 aliphatic carbocycles. The number of nitrogens with zero attached hydrogens (tertiary/aromatic N) is 1. The molecule has 5 nitrogen and oxygen atoms in total. The minimum atomic E-state index is -4.51. The molecule has 1 heterocycles. The van der Waals surface area contributed by atoms with Gasteiger partial charge in [0.1, 0.15) is 0 Å². The molecular weight excluding hydrogens is 529 g/mol. The number of carbonyl (C=O) groups excluding carboxylic acids is 1. The van der Waals surface area contributed by atoms with E-state index in [1.807, 2.05) is 42.5 Å². The maximum Gasteiger partial charge on any atom is 0.416 e. The summed E-state index contributed by atoms with van der Waals surface area (Å²) in [6, 6.07) is 24.6. The number of halogens is 3. The van der Waals surface area contributed by atoms with Gasteiger partial charge in [-0.2, -0.15) is 13.2 Å². The number of amides is 1. The lowest BCUT2D eigenvalue weighted by molar-refractivity contribution is -0.138. The monoisotopic (exact) mass is 558 g/mol. The first-order valence-corrected chi connectivity index (χ1v) is 13.4. The Kier molecular flexibility index (Phi) is 7.83. The van der Waals surface area contributed by atoms with Crippen molar-refractivity contribution in [1.29, 1.82) is 0 Å². The van der Waals surface area contributed by atoms with Gasteiger partial charge in [-0.15, -0.1) is 0 Å². The van der Waals surface area contributed by atoms with Crippen molar-refractivity contribution >= 4 is 17.6 Å². The quantitative estimate of drug-likeness (QED) is 0.246. The van der Waals surface area contributed by atoms with Crippen LogP contribution in [-0.2, 0) is 19.1 Å². The van der Waals surface area contributed by atoms with Crippen molar-refractivity contribution in [3.8, 4) is 11.1 Å². The second kappa shape index (κ2) is 11.5. The summed E-state index contributed by atoms with van der Waals surface area (Å²) < 4.78 is 40.4. The van der Waals surface area contributed by atoms with Crippen LogP contribution in [0.2, 0.25) is 0 Å². The van der Waals surface area contributed by atoms with Crippen molar-refractivity contribution in [3.05, 3.63) is 124 Å². The lowest BCUT2D eigenvalue weighted by Gasteiger charge is -2.32. The summed E-state index contributed by atoms with van der Waals surface area (Å²) >= 11 is 0. The fraction of sp³-hybridized carbons (Fsp3) is 0.212. The van der Waals surface area contributed by atoms with Crippen LogP contribution in [-0.4, -0.2) is 23.5 Å². The molecule has 1 atom stereocenters. The molecule has 4 aromatic carbocycles. The molecule has 0 bridgehead atoms. The average Bonchev–Trinajstić information content (AvgIpc) is 2.97. The lowest BCUT2D eigenvalue weighted by atomic mass is 9.96. The summed E-state index contributed by atoms with van der Waals surface area (Å²) in [7, 11) is 0. The molecule has 1 amide bonds. The van der Waals surface area contributed by atoms with Crippen LogP contribution < -0.4 is 10.2 Å². The van der Waals surface area contributed by atoms with Gasteiger partial charge in [-0.05, 0) is 77.9 Å². The van der Waals surface area contributed by atoms with Gasteiger partial charge in [-0.1, -0.05) is 60.7 Å². The van der Waals surface area contributed by atoms with Crippen LogP contribution in [0.3, 0.4) is 0 Å². The maximum absolute atomic E-state index is 13.5.